The normalized spacial score (nSPS) is 20.6. The average molecular weight is 470 g/mol. The first-order valence-electron chi connectivity index (χ1n) is 11.4. The van der Waals surface area contributed by atoms with Crippen LogP contribution in [0.15, 0.2) is 55.3 Å². The van der Waals surface area contributed by atoms with Gasteiger partial charge < -0.3 is 23.7 Å². The monoisotopic (exact) mass is 470 g/mol. The number of halogens is 1. The first-order chi connectivity index (χ1) is 16.5. The molecule has 3 unspecified atom stereocenters. The summed E-state index contributed by atoms with van der Waals surface area (Å²) in [5.41, 5.74) is -0.208. The Labute approximate surface area is 197 Å². The van der Waals surface area contributed by atoms with Gasteiger partial charge in [0, 0.05) is 6.07 Å². The molecule has 1 aliphatic carbocycles. The molecule has 0 bridgehead atoms. The third-order valence-corrected chi connectivity index (χ3v) is 5.79. The van der Waals surface area contributed by atoms with E-state index in [-0.39, 0.29) is 29.3 Å². The van der Waals surface area contributed by atoms with Crippen LogP contribution in [0.2, 0.25) is 0 Å². The van der Waals surface area contributed by atoms with Gasteiger partial charge in [-0.1, -0.05) is 6.58 Å². The molecule has 180 valence electrons. The van der Waals surface area contributed by atoms with Gasteiger partial charge in [0.25, 0.3) is 0 Å². The highest BCUT2D eigenvalue weighted by atomic mass is 19.1. The summed E-state index contributed by atoms with van der Waals surface area (Å²) < 4.78 is 41.1. The molecule has 7 nitrogen and oxygen atoms in total. The molecule has 2 aromatic carbocycles. The maximum atomic E-state index is 14.4. The van der Waals surface area contributed by atoms with Crippen molar-refractivity contribution in [2.24, 2.45) is 5.92 Å². The maximum absolute atomic E-state index is 14.4. The fourth-order valence-electron chi connectivity index (χ4n) is 3.87. The molecule has 2 fully saturated rings. The number of ether oxygens (including phenoxy) is 5. The van der Waals surface area contributed by atoms with E-state index in [2.05, 4.69) is 6.58 Å². The number of unbranched alkanes of at least 4 members (excludes halogenated alkanes) is 1. The average Bonchev–Trinajstić information content (AvgIpc) is 3.61. The van der Waals surface area contributed by atoms with Gasteiger partial charge in [-0.15, -0.1) is 0 Å². The van der Waals surface area contributed by atoms with Crippen molar-refractivity contribution in [1.82, 2.24) is 0 Å². The Morgan fingerprint density at radius 1 is 0.971 bits per heavy atom. The quantitative estimate of drug-likeness (QED) is 0.153. The summed E-state index contributed by atoms with van der Waals surface area (Å²) in [6.07, 6.45) is 5.75. The summed E-state index contributed by atoms with van der Waals surface area (Å²) in [4.78, 5) is 24.7. The third kappa shape index (κ3) is 6.35. The first-order valence-corrected chi connectivity index (χ1v) is 11.4. The minimum Gasteiger partial charge on any atom is -0.502 e. The van der Waals surface area contributed by atoms with E-state index in [4.69, 9.17) is 23.7 Å². The predicted octanol–water partition coefficient (Wildman–Crippen LogP) is 4.84. The fourth-order valence-corrected chi connectivity index (χ4v) is 3.87. The van der Waals surface area contributed by atoms with Crippen molar-refractivity contribution in [1.29, 1.82) is 0 Å². The lowest BCUT2D eigenvalue weighted by Crippen LogP contribution is -2.25. The molecule has 0 radical (unpaired) electrons. The number of carbonyl (C=O) groups excluding carboxylic acids is 2. The van der Waals surface area contributed by atoms with E-state index in [0.717, 1.165) is 31.7 Å². The van der Waals surface area contributed by atoms with Crippen LogP contribution in [0, 0.1) is 11.7 Å². The predicted molar refractivity (Wildman–Crippen MR) is 120 cm³/mol. The largest absolute Gasteiger partial charge is 0.502 e. The van der Waals surface area contributed by atoms with Crippen LogP contribution in [0.4, 0.5) is 4.39 Å². The Hall–Kier alpha value is -3.39. The number of carbonyl (C=O) groups is 2. The zero-order chi connectivity index (χ0) is 23.9. The summed E-state index contributed by atoms with van der Waals surface area (Å²) in [5, 5.41) is 0. The molecule has 8 heteroatoms. The van der Waals surface area contributed by atoms with Crippen molar-refractivity contribution in [3.05, 3.63) is 66.7 Å². The van der Waals surface area contributed by atoms with E-state index < -0.39 is 11.8 Å². The highest BCUT2D eigenvalue weighted by Crippen LogP contribution is 2.40. The Morgan fingerprint density at radius 3 is 2.38 bits per heavy atom. The van der Waals surface area contributed by atoms with Crippen molar-refractivity contribution in [3.63, 3.8) is 0 Å². The molecular weight excluding hydrogens is 443 g/mol. The van der Waals surface area contributed by atoms with Gasteiger partial charge in [0.05, 0.1) is 43.2 Å². The lowest BCUT2D eigenvalue weighted by atomic mass is 9.89. The molecule has 4 rings (SSSR count). The smallest absolute Gasteiger partial charge is 0.346 e. The van der Waals surface area contributed by atoms with E-state index in [1.165, 1.54) is 42.7 Å². The summed E-state index contributed by atoms with van der Waals surface area (Å²) in [6.45, 7) is 4.41. The van der Waals surface area contributed by atoms with Crippen molar-refractivity contribution in [2.75, 3.05) is 13.2 Å². The number of esters is 2. The zero-order valence-electron chi connectivity index (χ0n) is 18.7. The second kappa shape index (κ2) is 11.2. The number of hydrogen-bond acceptors (Lipinski definition) is 7. The lowest BCUT2D eigenvalue weighted by molar-refractivity contribution is -0.139. The van der Waals surface area contributed by atoms with Gasteiger partial charge >= 0.3 is 11.9 Å². The zero-order valence-corrected chi connectivity index (χ0v) is 18.7. The molecule has 0 spiro atoms. The number of benzene rings is 2. The molecule has 0 amide bonds. The molecule has 2 aromatic rings. The van der Waals surface area contributed by atoms with Gasteiger partial charge in [-0.05, 0) is 68.5 Å². The van der Waals surface area contributed by atoms with Gasteiger partial charge in [-0.25, -0.2) is 9.18 Å². The van der Waals surface area contributed by atoms with Crippen LogP contribution in [0.5, 0.6) is 17.2 Å². The summed E-state index contributed by atoms with van der Waals surface area (Å²) >= 11 is 0. The Balaban J connectivity index is 1.25. The number of epoxide rings is 1. The van der Waals surface area contributed by atoms with Crippen LogP contribution >= 0.6 is 0 Å². The molecule has 1 heterocycles. The maximum Gasteiger partial charge on any atom is 0.346 e. The van der Waals surface area contributed by atoms with Crippen LogP contribution in [0.3, 0.4) is 0 Å². The molecule has 34 heavy (non-hydrogen) atoms. The standard InChI is InChI=1S/C26H27FO7/c1-2-30-13-3-4-14-31-20-10-11-21(22(27)16-20)26(29)33-19-8-6-18(7-9-19)32-25(28)17-5-12-23-24(15-17)34-23/h2,6-11,16-17,23-24H,1,3-5,12-15H2. The Bertz CT molecular complexity index is 1020. The van der Waals surface area contributed by atoms with Crippen LogP contribution in [-0.2, 0) is 14.3 Å². The second-order valence-electron chi connectivity index (χ2n) is 8.24. The van der Waals surface area contributed by atoms with Gasteiger partial charge in [-0.3, -0.25) is 4.79 Å². The molecule has 2 aliphatic rings. The van der Waals surface area contributed by atoms with E-state index in [0.29, 0.717) is 37.2 Å². The number of rotatable bonds is 11. The van der Waals surface area contributed by atoms with Crippen LogP contribution < -0.4 is 14.2 Å². The number of hydrogen-bond donors (Lipinski definition) is 0. The van der Waals surface area contributed by atoms with E-state index in [1.807, 2.05) is 0 Å². The lowest BCUT2D eigenvalue weighted by Gasteiger charge is -2.17. The third-order valence-electron chi connectivity index (χ3n) is 5.79. The van der Waals surface area contributed by atoms with Gasteiger partial charge in [0.2, 0.25) is 0 Å². The van der Waals surface area contributed by atoms with Crippen molar-refractivity contribution >= 4 is 11.9 Å². The summed E-state index contributed by atoms with van der Waals surface area (Å²) in [7, 11) is 0. The van der Waals surface area contributed by atoms with Crippen molar-refractivity contribution < 1.29 is 37.7 Å². The van der Waals surface area contributed by atoms with Crippen LogP contribution in [0.1, 0.15) is 42.5 Å². The minimum atomic E-state index is -0.837. The molecule has 1 saturated heterocycles. The van der Waals surface area contributed by atoms with Gasteiger partial charge in [0.15, 0.2) is 0 Å². The van der Waals surface area contributed by atoms with Crippen molar-refractivity contribution in [3.8, 4) is 17.2 Å². The second-order valence-corrected chi connectivity index (χ2v) is 8.24. The number of fused-ring (bicyclic) bond motifs is 1. The van der Waals surface area contributed by atoms with Gasteiger partial charge in [0.1, 0.15) is 23.1 Å². The topological polar surface area (TPSA) is 83.6 Å². The molecule has 0 N–H and O–H groups in total. The first kappa shape index (κ1) is 23.8. The molecule has 1 aliphatic heterocycles. The van der Waals surface area contributed by atoms with E-state index in [9.17, 15) is 14.0 Å². The highest BCUT2D eigenvalue weighted by Gasteiger charge is 2.46. The Morgan fingerprint density at radius 2 is 1.68 bits per heavy atom. The molecule has 1 saturated carbocycles. The summed E-state index contributed by atoms with van der Waals surface area (Å²) in [6, 6.07) is 10.0. The highest BCUT2D eigenvalue weighted by molar-refractivity contribution is 5.91. The van der Waals surface area contributed by atoms with Crippen molar-refractivity contribution in [2.45, 2.75) is 44.3 Å². The summed E-state index contributed by atoms with van der Waals surface area (Å²) in [5.74, 6) is -1.14. The van der Waals surface area contributed by atoms with Crippen LogP contribution in [0.25, 0.3) is 0 Å². The molecule has 3 atom stereocenters. The van der Waals surface area contributed by atoms with Gasteiger partial charge in [-0.2, -0.15) is 0 Å². The van der Waals surface area contributed by atoms with E-state index >= 15 is 0 Å². The molecule has 0 aromatic heterocycles. The van der Waals surface area contributed by atoms with Crippen LogP contribution in [-0.4, -0.2) is 37.4 Å². The SMILES string of the molecule is C=COCCCCOc1ccc(C(=O)Oc2ccc(OC(=O)C3CCC4OC4C3)cc2)c(F)c1. The molecular formula is C26H27FO7. The fraction of sp³-hybridized carbons (Fsp3) is 0.385. The minimum absolute atomic E-state index is 0.164. The van der Waals surface area contributed by atoms with E-state index in [1.54, 1.807) is 0 Å². The Kier molecular flexibility index (Phi) is 7.80.